The van der Waals surface area contributed by atoms with Gasteiger partial charge in [-0.2, -0.15) is 5.26 Å². The Balaban J connectivity index is 1.61. The van der Waals surface area contributed by atoms with E-state index in [2.05, 4.69) is 16.4 Å². The number of hydrogen-bond donors (Lipinski definition) is 1. The topological polar surface area (TPSA) is 79.4 Å². The third-order valence-corrected chi connectivity index (χ3v) is 5.79. The number of aromatic nitrogens is 2. The summed E-state index contributed by atoms with van der Waals surface area (Å²) >= 11 is 0. The van der Waals surface area contributed by atoms with Gasteiger partial charge in [-0.15, -0.1) is 0 Å². The van der Waals surface area contributed by atoms with Gasteiger partial charge in [0, 0.05) is 19.2 Å². The van der Waals surface area contributed by atoms with E-state index in [9.17, 15) is 18.8 Å². The number of halogens is 2. The number of pyridine rings is 1. The fourth-order valence-corrected chi connectivity index (χ4v) is 4.26. The van der Waals surface area contributed by atoms with Crippen LogP contribution in [0.25, 0.3) is 5.65 Å². The smallest absolute Gasteiger partial charge is 0.181 e. The minimum Gasteiger partial charge on any atom is -0.485 e. The number of ketones is 1. The number of Topliss-reactive ketones (excluding diaryl/α,β-unsaturated/α-hetero) is 1. The van der Waals surface area contributed by atoms with Crippen molar-refractivity contribution in [3.63, 3.8) is 0 Å². The monoisotopic (exact) mass is 438 g/mol. The van der Waals surface area contributed by atoms with Crippen LogP contribution in [0.15, 0.2) is 30.5 Å². The maximum Gasteiger partial charge on any atom is 0.181 e. The van der Waals surface area contributed by atoms with E-state index in [4.69, 9.17) is 4.74 Å². The number of benzene rings is 1. The van der Waals surface area contributed by atoms with Gasteiger partial charge in [0.05, 0.1) is 23.2 Å². The molecule has 0 aliphatic carbocycles. The zero-order chi connectivity index (χ0) is 22.8. The van der Waals surface area contributed by atoms with Gasteiger partial charge in [-0.1, -0.05) is 6.07 Å². The van der Waals surface area contributed by atoms with Gasteiger partial charge >= 0.3 is 0 Å². The molecular formula is C24H24F2N4O2. The van der Waals surface area contributed by atoms with Crippen molar-refractivity contribution in [3.05, 3.63) is 64.6 Å². The molecule has 1 aliphatic rings. The first kappa shape index (κ1) is 21.9. The molecule has 1 aliphatic heterocycles. The molecular weight excluding hydrogens is 414 g/mol. The lowest BCUT2D eigenvalue weighted by Gasteiger charge is -2.25. The van der Waals surface area contributed by atoms with Gasteiger partial charge in [0.2, 0.25) is 0 Å². The molecule has 8 heteroatoms. The predicted molar refractivity (Wildman–Crippen MR) is 114 cm³/mol. The number of ether oxygens (including phenoxy) is 1. The summed E-state index contributed by atoms with van der Waals surface area (Å²) in [7, 11) is 0. The highest BCUT2D eigenvalue weighted by Crippen LogP contribution is 2.28. The normalized spacial score (nSPS) is 18.5. The molecule has 32 heavy (non-hydrogen) atoms. The molecule has 1 aromatic carbocycles. The highest BCUT2D eigenvalue weighted by molar-refractivity contribution is 5.97. The van der Waals surface area contributed by atoms with Gasteiger partial charge in [-0.25, -0.2) is 13.8 Å². The van der Waals surface area contributed by atoms with Crippen LogP contribution in [0.4, 0.5) is 8.78 Å². The maximum absolute atomic E-state index is 14.0. The Morgan fingerprint density at radius 1 is 1.31 bits per heavy atom. The first-order valence-electron chi connectivity index (χ1n) is 10.6. The molecule has 0 saturated carbocycles. The largest absolute Gasteiger partial charge is 0.485 e. The summed E-state index contributed by atoms with van der Waals surface area (Å²) in [4.78, 5) is 17.7. The van der Waals surface area contributed by atoms with Crippen LogP contribution >= 0.6 is 0 Å². The van der Waals surface area contributed by atoms with E-state index in [-0.39, 0.29) is 29.8 Å². The van der Waals surface area contributed by atoms with Crippen molar-refractivity contribution in [2.75, 3.05) is 13.1 Å². The van der Waals surface area contributed by atoms with E-state index in [0.717, 1.165) is 5.56 Å². The highest BCUT2D eigenvalue weighted by atomic mass is 19.1. The van der Waals surface area contributed by atoms with Crippen LogP contribution in [0.3, 0.4) is 0 Å². The molecule has 2 atom stereocenters. The number of hydrogen-bond acceptors (Lipinski definition) is 5. The molecule has 0 radical (unpaired) electrons. The molecule has 3 heterocycles. The summed E-state index contributed by atoms with van der Waals surface area (Å²) in [6.45, 7) is 4.66. The van der Waals surface area contributed by atoms with Crippen molar-refractivity contribution in [3.8, 4) is 11.8 Å². The van der Waals surface area contributed by atoms with Gasteiger partial charge in [-0.3, -0.25) is 9.20 Å². The average molecular weight is 438 g/mol. The molecule has 0 amide bonds. The van der Waals surface area contributed by atoms with Gasteiger partial charge in [0.1, 0.15) is 23.9 Å². The number of fused-ring (bicyclic) bond motifs is 1. The molecule has 1 fully saturated rings. The predicted octanol–water partition coefficient (Wildman–Crippen LogP) is 4.13. The van der Waals surface area contributed by atoms with Crippen molar-refractivity contribution in [2.24, 2.45) is 11.8 Å². The second kappa shape index (κ2) is 9.05. The fraction of sp³-hybridized carbons (Fsp3) is 0.375. The van der Waals surface area contributed by atoms with Gasteiger partial charge < -0.3 is 10.1 Å². The number of imidazole rings is 1. The highest BCUT2D eigenvalue weighted by Gasteiger charge is 2.27. The van der Waals surface area contributed by atoms with Crippen LogP contribution in [-0.2, 0) is 6.61 Å². The first-order valence-corrected chi connectivity index (χ1v) is 10.6. The van der Waals surface area contributed by atoms with Crippen LogP contribution in [0.5, 0.6) is 5.75 Å². The Morgan fingerprint density at radius 3 is 2.78 bits per heavy atom. The molecule has 3 aromatic rings. The van der Waals surface area contributed by atoms with Crippen LogP contribution in [-0.4, -0.2) is 28.3 Å². The number of carbonyl (C=O) groups is 1. The molecule has 0 bridgehead atoms. The molecule has 0 spiro atoms. The number of rotatable bonds is 6. The summed E-state index contributed by atoms with van der Waals surface area (Å²) < 4.78 is 35.4. The molecule has 6 nitrogen and oxygen atoms in total. The summed E-state index contributed by atoms with van der Waals surface area (Å²) in [5.74, 6) is -1.08. The second-order valence-corrected chi connectivity index (χ2v) is 8.32. The van der Waals surface area contributed by atoms with Crippen molar-refractivity contribution >= 4 is 11.4 Å². The zero-order valence-corrected chi connectivity index (χ0v) is 18.0. The third-order valence-electron chi connectivity index (χ3n) is 5.79. The molecule has 2 aromatic heterocycles. The number of aryl methyl sites for hydroxylation is 2. The Bertz CT molecular complexity index is 1190. The lowest BCUT2D eigenvalue weighted by molar-refractivity contribution is 0.0943. The lowest BCUT2D eigenvalue weighted by Crippen LogP contribution is -2.36. The third kappa shape index (κ3) is 4.34. The van der Waals surface area contributed by atoms with Crippen molar-refractivity contribution in [2.45, 2.75) is 33.3 Å². The summed E-state index contributed by atoms with van der Waals surface area (Å²) in [5.41, 5.74) is 2.10. The van der Waals surface area contributed by atoms with E-state index in [1.54, 1.807) is 23.6 Å². The van der Waals surface area contributed by atoms with Crippen molar-refractivity contribution in [1.82, 2.24) is 14.7 Å². The molecule has 166 valence electrons. The van der Waals surface area contributed by atoms with Gasteiger partial charge in [0.25, 0.3) is 0 Å². The van der Waals surface area contributed by atoms with Crippen LogP contribution < -0.4 is 10.1 Å². The van der Waals surface area contributed by atoms with Crippen LogP contribution in [0.1, 0.15) is 40.2 Å². The molecule has 4 rings (SSSR count). The van der Waals surface area contributed by atoms with E-state index < -0.39 is 11.6 Å². The van der Waals surface area contributed by atoms with Gasteiger partial charge in [-0.05, 0) is 56.5 Å². The number of nitrogens with one attached hydrogen (secondary N) is 1. The zero-order valence-electron chi connectivity index (χ0n) is 18.0. The molecule has 1 N–H and O–H groups in total. The van der Waals surface area contributed by atoms with E-state index in [1.165, 1.54) is 18.2 Å². The maximum atomic E-state index is 14.0. The molecule has 2 unspecified atom stereocenters. The molecule has 1 saturated heterocycles. The minimum atomic E-state index is -0.680. The number of nitriles is 1. The summed E-state index contributed by atoms with van der Waals surface area (Å²) in [6.07, 6.45) is 2.80. The summed E-state index contributed by atoms with van der Waals surface area (Å²) in [5, 5.41) is 12.4. The van der Waals surface area contributed by atoms with E-state index >= 15 is 0 Å². The average Bonchev–Trinajstić information content (AvgIpc) is 3.09. The SMILES string of the molecule is Cc1cc(OCc2c(F)cccc2F)c2nc(C)c(C(=O)CC3CNCC(C#N)C3)n2c1. The standard InChI is InChI=1S/C24H24F2N4O2/c1-14-6-22(32-13-18-19(25)4-3-5-20(18)26)24-29-15(2)23(30(24)12-14)21(31)8-16-7-17(9-27)11-28-10-16/h3-6,12,16-17,28H,7-8,10-11,13H2,1-2H3. The van der Waals surface area contributed by atoms with Crippen molar-refractivity contribution in [1.29, 1.82) is 5.26 Å². The number of nitrogens with zero attached hydrogens (tertiary/aromatic N) is 3. The van der Waals surface area contributed by atoms with E-state index in [0.29, 0.717) is 48.7 Å². The van der Waals surface area contributed by atoms with Gasteiger partial charge in [0.15, 0.2) is 17.2 Å². The first-order chi connectivity index (χ1) is 15.4. The Labute approximate surface area is 184 Å². The second-order valence-electron chi connectivity index (χ2n) is 8.32. The quantitative estimate of drug-likeness (QED) is 0.586. The lowest BCUT2D eigenvalue weighted by atomic mass is 9.87. The summed E-state index contributed by atoms with van der Waals surface area (Å²) in [6, 6.07) is 7.67. The Hall–Kier alpha value is -3.31. The Kier molecular flexibility index (Phi) is 6.19. The number of carbonyl (C=O) groups excluding carboxylic acids is 1. The van der Waals surface area contributed by atoms with E-state index in [1.807, 2.05) is 6.92 Å². The van der Waals surface area contributed by atoms with Crippen LogP contribution in [0, 0.1) is 48.6 Å². The fourth-order valence-electron chi connectivity index (χ4n) is 4.26. The minimum absolute atomic E-state index is 0.0583. The Morgan fingerprint density at radius 2 is 2.06 bits per heavy atom. The van der Waals surface area contributed by atoms with Crippen LogP contribution in [0.2, 0.25) is 0 Å². The number of piperidine rings is 1. The van der Waals surface area contributed by atoms with Crippen molar-refractivity contribution < 1.29 is 18.3 Å².